The number of halogens is 4. The van der Waals surface area contributed by atoms with Crippen LogP contribution in [0.15, 0.2) is 10.7 Å². The maximum absolute atomic E-state index is 13.3. The standard InChI is InChI=1S/C8H5BrF3NO2/c1-15-8(14)6-5(10)4(7(11)12)3(9)2-13-6/h2,7H,1H3. The van der Waals surface area contributed by atoms with Gasteiger partial charge in [0.2, 0.25) is 0 Å². The van der Waals surface area contributed by atoms with Crippen LogP contribution in [0.5, 0.6) is 0 Å². The van der Waals surface area contributed by atoms with Gasteiger partial charge in [-0.3, -0.25) is 0 Å². The van der Waals surface area contributed by atoms with Gasteiger partial charge in [-0.1, -0.05) is 0 Å². The van der Waals surface area contributed by atoms with E-state index in [0.717, 1.165) is 13.3 Å². The molecular weight excluding hydrogens is 279 g/mol. The van der Waals surface area contributed by atoms with Gasteiger partial charge in [0, 0.05) is 10.7 Å². The molecule has 82 valence electrons. The Morgan fingerprint density at radius 3 is 2.67 bits per heavy atom. The average molecular weight is 284 g/mol. The summed E-state index contributed by atoms with van der Waals surface area (Å²) in [7, 11) is 1.01. The monoisotopic (exact) mass is 283 g/mol. The first-order valence-corrected chi connectivity index (χ1v) is 4.48. The van der Waals surface area contributed by atoms with Gasteiger partial charge in [0.15, 0.2) is 11.5 Å². The number of methoxy groups -OCH3 is 1. The summed E-state index contributed by atoms with van der Waals surface area (Å²) in [6.45, 7) is 0. The van der Waals surface area contributed by atoms with E-state index in [1.54, 1.807) is 0 Å². The predicted molar refractivity (Wildman–Crippen MR) is 48.2 cm³/mol. The van der Waals surface area contributed by atoms with Crippen LogP contribution in [-0.4, -0.2) is 18.1 Å². The quantitative estimate of drug-likeness (QED) is 0.784. The van der Waals surface area contributed by atoms with Gasteiger partial charge < -0.3 is 4.74 Å². The van der Waals surface area contributed by atoms with Crippen LogP contribution in [-0.2, 0) is 4.74 Å². The zero-order valence-electron chi connectivity index (χ0n) is 7.43. The second-order valence-electron chi connectivity index (χ2n) is 2.47. The highest BCUT2D eigenvalue weighted by molar-refractivity contribution is 9.10. The Kier molecular flexibility index (Phi) is 3.67. The van der Waals surface area contributed by atoms with Gasteiger partial charge in [-0.2, -0.15) is 0 Å². The smallest absolute Gasteiger partial charge is 0.359 e. The molecule has 7 heteroatoms. The molecule has 0 saturated heterocycles. The molecule has 0 saturated carbocycles. The Labute approximate surface area is 91.4 Å². The SMILES string of the molecule is COC(=O)c1ncc(Br)c(C(F)F)c1F. The second-order valence-corrected chi connectivity index (χ2v) is 3.33. The van der Waals surface area contributed by atoms with Crippen molar-refractivity contribution in [3.8, 4) is 0 Å². The molecule has 0 amide bonds. The van der Waals surface area contributed by atoms with Crippen LogP contribution in [0.25, 0.3) is 0 Å². The molecule has 1 aromatic rings. The number of carbonyl (C=O) groups excluding carboxylic acids is 1. The van der Waals surface area contributed by atoms with Crippen molar-refractivity contribution in [2.75, 3.05) is 7.11 Å². The third-order valence-electron chi connectivity index (χ3n) is 1.61. The first-order valence-electron chi connectivity index (χ1n) is 3.69. The molecular formula is C8H5BrF3NO2. The van der Waals surface area contributed by atoms with E-state index in [1.807, 2.05) is 0 Å². The van der Waals surface area contributed by atoms with Crippen molar-refractivity contribution in [3.05, 3.63) is 27.7 Å². The molecule has 1 heterocycles. The molecule has 1 rings (SSSR count). The number of pyridine rings is 1. The number of ether oxygens (including phenoxy) is 1. The highest BCUT2D eigenvalue weighted by Crippen LogP contribution is 2.30. The van der Waals surface area contributed by atoms with Crippen LogP contribution in [0.3, 0.4) is 0 Å². The van der Waals surface area contributed by atoms with Crippen LogP contribution in [0.2, 0.25) is 0 Å². The van der Waals surface area contributed by atoms with Gasteiger partial charge >= 0.3 is 5.97 Å². The van der Waals surface area contributed by atoms with Crippen molar-refractivity contribution >= 4 is 21.9 Å². The first kappa shape index (κ1) is 12.0. The molecule has 0 aliphatic carbocycles. The molecule has 0 N–H and O–H groups in total. The van der Waals surface area contributed by atoms with Crippen LogP contribution in [0, 0.1) is 5.82 Å². The summed E-state index contributed by atoms with van der Waals surface area (Å²) in [5.74, 6) is -2.46. The lowest BCUT2D eigenvalue weighted by Crippen LogP contribution is -2.10. The zero-order chi connectivity index (χ0) is 11.6. The number of hydrogen-bond acceptors (Lipinski definition) is 3. The van der Waals surface area contributed by atoms with Crippen molar-refractivity contribution in [1.82, 2.24) is 4.98 Å². The summed E-state index contributed by atoms with van der Waals surface area (Å²) in [5, 5.41) is 0. The minimum Gasteiger partial charge on any atom is -0.464 e. The molecule has 0 unspecified atom stereocenters. The van der Waals surface area contributed by atoms with E-state index in [-0.39, 0.29) is 4.47 Å². The van der Waals surface area contributed by atoms with E-state index < -0.39 is 29.5 Å². The highest BCUT2D eigenvalue weighted by Gasteiger charge is 2.24. The summed E-state index contributed by atoms with van der Waals surface area (Å²) in [6.07, 6.45) is -2.11. The number of esters is 1. The Morgan fingerprint density at radius 1 is 1.60 bits per heavy atom. The number of nitrogens with zero attached hydrogens (tertiary/aromatic N) is 1. The van der Waals surface area contributed by atoms with Crippen LogP contribution in [0.4, 0.5) is 13.2 Å². The maximum Gasteiger partial charge on any atom is 0.359 e. The number of carbonyl (C=O) groups is 1. The molecule has 0 radical (unpaired) electrons. The van der Waals surface area contributed by atoms with Gasteiger partial charge in [-0.15, -0.1) is 0 Å². The molecule has 3 nitrogen and oxygen atoms in total. The van der Waals surface area contributed by atoms with Gasteiger partial charge in [0.25, 0.3) is 6.43 Å². The predicted octanol–water partition coefficient (Wildman–Crippen LogP) is 2.71. The summed E-state index contributed by atoms with van der Waals surface area (Å²) >= 11 is 2.72. The zero-order valence-corrected chi connectivity index (χ0v) is 9.02. The van der Waals surface area contributed by atoms with E-state index >= 15 is 0 Å². The van der Waals surface area contributed by atoms with E-state index in [9.17, 15) is 18.0 Å². The molecule has 15 heavy (non-hydrogen) atoms. The molecule has 0 bridgehead atoms. The molecule has 0 aliphatic heterocycles. The lowest BCUT2D eigenvalue weighted by molar-refractivity contribution is 0.0586. The molecule has 0 aliphatic rings. The van der Waals surface area contributed by atoms with Crippen molar-refractivity contribution in [1.29, 1.82) is 0 Å². The summed E-state index contributed by atoms with van der Waals surface area (Å²) in [5.41, 5.74) is -1.65. The first-order chi connectivity index (χ1) is 6.99. The van der Waals surface area contributed by atoms with Gasteiger partial charge in [0.05, 0.1) is 12.7 Å². The van der Waals surface area contributed by atoms with Crippen molar-refractivity contribution < 1.29 is 22.7 Å². The number of aromatic nitrogens is 1. The average Bonchev–Trinajstić information content (AvgIpc) is 2.16. The summed E-state index contributed by atoms with van der Waals surface area (Å²) in [6, 6.07) is 0. The molecule has 0 aromatic carbocycles. The van der Waals surface area contributed by atoms with Crippen molar-refractivity contribution in [2.45, 2.75) is 6.43 Å². The Bertz CT molecular complexity index is 398. The second kappa shape index (κ2) is 4.61. The Balaban J connectivity index is 3.35. The van der Waals surface area contributed by atoms with Gasteiger partial charge in [0.1, 0.15) is 0 Å². The van der Waals surface area contributed by atoms with E-state index in [1.165, 1.54) is 0 Å². The number of alkyl halides is 2. The third-order valence-corrected chi connectivity index (χ3v) is 2.24. The maximum atomic E-state index is 13.3. The molecule has 0 spiro atoms. The van der Waals surface area contributed by atoms with Crippen molar-refractivity contribution in [2.24, 2.45) is 0 Å². The van der Waals surface area contributed by atoms with E-state index in [0.29, 0.717) is 0 Å². The fourth-order valence-electron chi connectivity index (χ4n) is 0.919. The molecule has 0 atom stereocenters. The van der Waals surface area contributed by atoms with Gasteiger partial charge in [-0.05, 0) is 15.9 Å². The van der Waals surface area contributed by atoms with Crippen LogP contribution in [0.1, 0.15) is 22.5 Å². The molecule has 0 fully saturated rings. The lowest BCUT2D eigenvalue weighted by atomic mass is 10.2. The van der Waals surface area contributed by atoms with E-state index in [2.05, 4.69) is 25.7 Å². The Hall–Kier alpha value is -1.11. The Morgan fingerprint density at radius 2 is 2.20 bits per heavy atom. The lowest BCUT2D eigenvalue weighted by Gasteiger charge is -2.07. The van der Waals surface area contributed by atoms with Crippen molar-refractivity contribution in [3.63, 3.8) is 0 Å². The largest absolute Gasteiger partial charge is 0.464 e. The van der Waals surface area contributed by atoms with Gasteiger partial charge in [-0.25, -0.2) is 22.9 Å². The van der Waals surface area contributed by atoms with E-state index in [4.69, 9.17) is 0 Å². The third kappa shape index (κ3) is 2.28. The fraction of sp³-hybridized carbons (Fsp3) is 0.250. The van der Waals surface area contributed by atoms with Crippen LogP contribution >= 0.6 is 15.9 Å². The summed E-state index contributed by atoms with van der Waals surface area (Å²) < 4.78 is 42.1. The topological polar surface area (TPSA) is 39.2 Å². The minimum atomic E-state index is -3.04. The molecule has 1 aromatic heterocycles. The number of rotatable bonds is 2. The summed E-state index contributed by atoms with van der Waals surface area (Å²) in [4.78, 5) is 14.3. The number of hydrogen-bond donors (Lipinski definition) is 0. The normalized spacial score (nSPS) is 10.5. The fourth-order valence-corrected chi connectivity index (χ4v) is 1.37. The van der Waals surface area contributed by atoms with Crippen LogP contribution < -0.4 is 0 Å². The minimum absolute atomic E-state index is 0.192. The highest BCUT2D eigenvalue weighted by atomic mass is 79.9.